The summed E-state index contributed by atoms with van der Waals surface area (Å²) in [5.74, 6) is -0.219. The molecule has 0 unspecified atom stereocenters. The topological polar surface area (TPSA) is 26.0 Å². The molecule has 1 aromatic carbocycles. The van der Waals surface area contributed by atoms with Crippen LogP contribution in [0.2, 0.25) is 0 Å². The molecule has 3 heteroatoms. The molecule has 0 amide bonds. The largest absolute Gasteiger partial charge is 0.318 e. The van der Waals surface area contributed by atoms with Crippen molar-refractivity contribution in [2.75, 3.05) is 0 Å². The summed E-state index contributed by atoms with van der Waals surface area (Å²) in [5, 5.41) is 0. The van der Waals surface area contributed by atoms with Crippen LogP contribution >= 0.6 is 15.9 Å². The maximum Gasteiger partial charge on any atom is 0.123 e. The number of nitrogens with two attached hydrogens (primary N) is 1. The van der Waals surface area contributed by atoms with Gasteiger partial charge in [0.2, 0.25) is 0 Å². The van der Waals surface area contributed by atoms with Crippen molar-refractivity contribution in [3.8, 4) is 0 Å². The summed E-state index contributed by atoms with van der Waals surface area (Å²) >= 11 is 3.49. The number of hydrogen-bond acceptors (Lipinski definition) is 1. The third-order valence-electron chi connectivity index (χ3n) is 3.16. The molecule has 1 aliphatic carbocycles. The molecule has 0 fully saturated rings. The van der Waals surface area contributed by atoms with E-state index in [4.69, 9.17) is 5.73 Å². The lowest BCUT2D eigenvalue weighted by molar-refractivity contribution is 0.552. The Balaban J connectivity index is 2.47. The molecule has 0 aromatic heterocycles. The number of rotatable bonds is 1. The Morgan fingerprint density at radius 2 is 2.06 bits per heavy atom. The zero-order valence-corrected chi connectivity index (χ0v) is 11.5. The fourth-order valence-electron chi connectivity index (χ4n) is 2.27. The summed E-state index contributed by atoms with van der Waals surface area (Å²) in [6, 6.07) is 4.77. The minimum atomic E-state index is -0.529. The van der Waals surface area contributed by atoms with E-state index in [1.807, 2.05) is 19.9 Å². The van der Waals surface area contributed by atoms with Crippen molar-refractivity contribution >= 4 is 15.9 Å². The molecule has 0 saturated heterocycles. The number of allylic oxidation sites excluding steroid dienone is 2. The quantitative estimate of drug-likeness (QED) is 0.835. The molecule has 90 valence electrons. The van der Waals surface area contributed by atoms with E-state index in [1.165, 1.54) is 12.1 Å². The van der Waals surface area contributed by atoms with Gasteiger partial charge >= 0.3 is 0 Å². The second-order valence-corrected chi connectivity index (χ2v) is 5.44. The van der Waals surface area contributed by atoms with Gasteiger partial charge in [0.15, 0.2) is 0 Å². The van der Waals surface area contributed by atoms with E-state index in [-0.39, 0.29) is 5.82 Å². The van der Waals surface area contributed by atoms with Gasteiger partial charge in [0.05, 0.1) is 5.54 Å². The fraction of sp³-hybridized carbons (Fsp3) is 0.286. The number of halogens is 2. The van der Waals surface area contributed by atoms with Gasteiger partial charge in [-0.05, 0) is 49.1 Å². The van der Waals surface area contributed by atoms with Crippen LogP contribution in [-0.2, 0) is 5.54 Å². The predicted molar refractivity (Wildman–Crippen MR) is 72.4 cm³/mol. The average Bonchev–Trinajstić information content (AvgIpc) is 2.24. The van der Waals surface area contributed by atoms with E-state index in [0.717, 1.165) is 27.6 Å². The molecule has 1 aromatic rings. The molecule has 0 heterocycles. The second-order valence-electron chi connectivity index (χ2n) is 4.58. The first-order valence-corrected chi connectivity index (χ1v) is 6.33. The van der Waals surface area contributed by atoms with Gasteiger partial charge in [-0.2, -0.15) is 0 Å². The van der Waals surface area contributed by atoms with Gasteiger partial charge in [-0.15, -0.1) is 0 Å². The lowest BCUT2D eigenvalue weighted by atomic mass is 9.81. The van der Waals surface area contributed by atoms with E-state index >= 15 is 0 Å². The summed E-state index contributed by atoms with van der Waals surface area (Å²) in [4.78, 5) is 0. The van der Waals surface area contributed by atoms with Crippen molar-refractivity contribution in [2.24, 2.45) is 5.73 Å². The van der Waals surface area contributed by atoms with Gasteiger partial charge in [0.1, 0.15) is 5.82 Å². The highest BCUT2D eigenvalue weighted by molar-refractivity contribution is 9.12. The van der Waals surface area contributed by atoms with Crippen LogP contribution in [0.5, 0.6) is 0 Å². The van der Waals surface area contributed by atoms with E-state index < -0.39 is 5.54 Å². The van der Waals surface area contributed by atoms with Crippen molar-refractivity contribution < 1.29 is 4.39 Å². The highest BCUT2D eigenvalue weighted by Gasteiger charge is 2.28. The van der Waals surface area contributed by atoms with E-state index in [2.05, 4.69) is 22.0 Å². The number of hydrogen-bond donors (Lipinski definition) is 1. The molecule has 0 saturated carbocycles. The van der Waals surface area contributed by atoms with Crippen LogP contribution in [0.25, 0.3) is 0 Å². The molecule has 2 rings (SSSR count). The van der Waals surface area contributed by atoms with Gasteiger partial charge in [-0.1, -0.05) is 34.1 Å². The molecule has 1 aliphatic rings. The van der Waals surface area contributed by atoms with Gasteiger partial charge in [-0.25, -0.2) is 4.39 Å². The molecule has 1 nitrogen and oxygen atoms in total. The van der Waals surface area contributed by atoms with E-state index in [0.29, 0.717) is 0 Å². The van der Waals surface area contributed by atoms with Crippen molar-refractivity contribution in [3.63, 3.8) is 0 Å². The highest BCUT2D eigenvalue weighted by atomic mass is 79.9. The van der Waals surface area contributed by atoms with Crippen LogP contribution in [0.15, 0.2) is 40.4 Å². The summed E-state index contributed by atoms with van der Waals surface area (Å²) in [7, 11) is 0. The van der Waals surface area contributed by atoms with Crippen molar-refractivity contribution in [1.29, 1.82) is 0 Å². The Kier molecular flexibility index (Phi) is 3.23. The van der Waals surface area contributed by atoms with Gasteiger partial charge in [0.25, 0.3) is 0 Å². The zero-order valence-electron chi connectivity index (χ0n) is 9.93. The Bertz CT molecular complexity index is 519. The van der Waals surface area contributed by atoms with Gasteiger partial charge in [0, 0.05) is 4.48 Å². The molecule has 0 bridgehead atoms. The van der Waals surface area contributed by atoms with E-state index in [1.54, 1.807) is 6.07 Å². The van der Waals surface area contributed by atoms with Crippen molar-refractivity contribution in [1.82, 2.24) is 0 Å². The lowest BCUT2D eigenvalue weighted by Crippen LogP contribution is -2.36. The van der Waals surface area contributed by atoms with Crippen molar-refractivity contribution in [3.05, 3.63) is 57.4 Å². The van der Waals surface area contributed by atoms with Crippen LogP contribution in [0.3, 0.4) is 0 Å². The molecule has 0 aliphatic heterocycles. The number of aryl methyl sites for hydroxylation is 1. The summed E-state index contributed by atoms with van der Waals surface area (Å²) in [5.41, 5.74) is 8.88. The first-order valence-electron chi connectivity index (χ1n) is 5.53. The Labute approximate surface area is 109 Å². The van der Waals surface area contributed by atoms with Gasteiger partial charge < -0.3 is 5.73 Å². The molecule has 17 heavy (non-hydrogen) atoms. The molecule has 1 atom stereocenters. The van der Waals surface area contributed by atoms with E-state index in [9.17, 15) is 4.39 Å². The zero-order chi connectivity index (χ0) is 12.6. The second kappa shape index (κ2) is 4.39. The molecular formula is C14H15BrFN. The minimum Gasteiger partial charge on any atom is -0.318 e. The van der Waals surface area contributed by atoms with Crippen LogP contribution in [0, 0.1) is 12.7 Å². The lowest BCUT2D eigenvalue weighted by Gasteiger charge is -2.31. The van der Waals surface area contributed by atoms with Crippen LogP contribution < -0.4 is 5.73 Å². The van der Waals surface area contributed by atoms with Crippen LogP contribution in [-0.4, -0.2) is 0 Å². The van der Waals surface area contributed by atoms with Crippen LogP contribution in [0.1, 0.15) is 24.5 Å². The summed E-state index contributed by atoms with van der Waals surface area (Å²) in [6.45, 7) is 3.91. The SMILES string of the molecule is CC1=C[C@@](N)(c2ccc(F)cc2C)CC=C1Br. The maximum atomic E-state index is 13.1. The Hall–Kier alpha value is -0.930. The minimum absolute atomic E-state index is 0.219. The molecular weight excluding hydrogens is 281 g/mol. The average molecular weight is 296 g/mol. The number of benzene rings is 1. The van der Waals surface area contributed by atoms with Gasteiger partial charge in [-0.3, -0.25) is 0 Å². The molecule has 2 N–H and O–H groups in total. The molecule has 0 spiro atoms. The molecule has 0 radical (unpaired) electrons. The normalized spacial score (nSPS) is 24.3. The van der Waals surface area contributed by atoms with Crippen LogP contribution in [0.4, 0.5) is 4.39 Å². The highest BCUT2D eigenvalue weighted by Crippen LogP contribution is 2.35. The Morgan fingerprint density at radius 1 is 1.35 bits per heavy atom. The Morgan fingerprint density at radius 3 is 2.65 bits per heavy atom. The predicted octanol–water partition coefficient (Wildman–Crippen LogP) is 3.92. The maximum absolute atomic E-state index is 13.1. The summed E-state index contributed by atoms with van der Waals surface area (Å²) < 4.78 is 14.2. The fourth-order valence-corrected chi connectivity index (χ4v) is 2.55. The third-order valence-corrected chi connectivity index (χ3v) is 4.11. The first-order chi connectivity index (χ1) is 7.92. The standard InChI is InChI=1S/C14H15BrFN/c1-9-7-11(16)3-4-12(9)14(17)6-5-13(15)10(2)8-14/h3-5,7-8H,6,17H2,1-2H3/t14-/m1/s1. The summed E-state index contributed by atoms with van der Waals surface area (Å²) in [6.07, 6.45) is 4.83. The van der Waals surface area contributed by atoms with Crippen molar-refractivity contribution in [2.45, 2.75) is 25.8 Å². The first kappa shape index (κ1) is 12.5. The smallest absolute Gasteiger partial charge is 0.123 e. The third kappa shape index (κ3) is 2.35. The monoisotopic (exact) mass is 295 g/mol.